The molecule has 0 heterocycles. The first-order chi connectivity index (χ1) is 14.7. The highest BCUT2D eigenvalue weighted by atomic mass is 16.7. The van der Waals surface area contributed by atoms with Crippen LogP contribution in [0.4, 0.5) is 4.79 Å². The molecule has 0 aliphatic heterocycles. The third kappa shape index (κ3) is 15.8. The predicted molar refractivity (Wildman–Crippen MR) is 122 cm³/mol. The van der Waals surface area contributed by atoms with E-state index in [0.29, 0.717) is 0 Å². The molecule has 0 atom stereocenters. The summed E-state index contributed by atoms with van der Waals surface area (Å²) in [4.78, 5) is 23.2. The van der Waals surface area contributed by atoms with Gasteiger partial charge in [-0.15, -0.1) is 0 Å². The fourth-order valence-corrected chi connectivity index (χ4v) is 3.23. The van der Waals surface area contributed by atoms with Crippen LogP contribution >= 0.6 is 0 Å². The molecular weight excluding hydrogens is 376 g/mol. The molecule has 0 unspecified atom stereocenters. The number of rotatable bonds is 17. The Hall–Kier alpha value is -2.10. The summed E-state index contributed by atoms with van der Waals surface area (Å²) in [6.07, 6.45) is 19.7. The Morgan fingerprint density at radius 3 is 1.97 bits per heavy atom. The second-order valence-electron chi connectivity index (χ2n) is 7.83. The second-order valence-corrected chi connectivity index (χ2v) is 7.83. The van der Waals surface area contributed by atoms with Crippen LogP contribution in [0.25, 0.3) is 0 Å². The maximum absolute atomic E-state index is 11.7. The Kier molecular flexibility index (Phi) is 16.3. The summed E-state index contributed by atoms with van der Waals surface area (Å²) in [5.41, 5.74) is 0.860. The summed E-state index contributed by atoms with van der Waals surface area (Å²) < 4.78 is 9.62. The monoisotopic (exact) mass is 416 g/mol. The van der Waals surface area contributed by atoms with E-state index in [1.54, 1.807) is 0 Å². The Morgan fingerprint density at radius 1 is 0.767 bits per heavy atom. The fraction of sp³-hybridized carbons (Fsp3) is 0.615. The maximum Gasteiger partial charge on any atom is 0.516 e. The number of carbonyl (C=O) groups excluding carboxylic acids is 2. The molecule has 1 rings (SSSR count). The van der Waals surface area contributed by atoms with Crippen LogP contribution in [0, 0.1) is 0 Å². The quantitative estimate of drug-likeness (QED) is 0.112. The van der Waals surface area contributed by atoms with Gasteiger partial charge in [-0.25, -0.2) is 4.79 Å². The zero-order valence-electron chi connectivity index (χ0n) is 18.8. The van der Waals surface area contributed by atoms with Gasteiger partial charge in [-0.2, -0.15) is 0 Å². The fourth-order valence-electron chi connectivity index (χ4n) is 3.23. The smallest absolute Gasteiger partial charge is 0.429 e. The minimum Gasteiger partial charge on any atom is -0.429 e. The third-order valence-corrected chi connectivity index (χ3v) is 5.04. The summed E-state index contributed by atoms with van der Waals surface area (Å²) in [7, 11) is 0. The van der Waals surface area contributed by atoms with Crippen LogP contribution in [0.2, 0.25) is 0 Å². The van der Waals surface area contributed by atoms with Crippen LogP contribution in [0.15, 0.2) is 42.5 Å². The number of benzene rings is 1. The number of unbranched alkanes of at least 4 members (excludes halogenated alkanes) is 11. The first-order valence-corrected chi connectivity index (χ1v) is 11.8. The van der Waals surface area contributed by atoms with E-state index in [-0.39, 0.29) is 13.0 Å². The molecule has 168 valence electrons. The molecule has 0 N–H and O–H groups in total. The van der Waals surface area contributed by atoms with E-state index in [4.69, 9.17) is 4.74 Å². The molecule has 0 saturated carbocycles. The number of allylic oxidation sites excluding steroid dienone is 2. The summed E-state index contributed by atoms with van der Waals surface area (Å²) in [6, 6.07) is 9.31. The molecule has 1 aromatic carbocycles. The van der Waals surface area contributed by atoms with Crippen molar-refractivity contribution < 1.29 is 19.1 Å². The van der Waals surface area contributed by atoms with Gasteiger partial charge in [0.25, 0.3) is 0 Å². The van der Waals surface area contributed by atoms with E-state index < -0.39 is 12.1 Å². The lowest BCUT2D eigenvalue weighted by molar-refractivity contribution is -0.140. The normalized spacial score (nSPS) is 11.0. The zero-order valence-corrected chi connectivity index (χ0v) is 18.8. The van der Waals surface area contributed by atoms with Gasteiger partial charge < -0.3 is 9.47 Å². The third-order valence-electron chi connectivity index (χ3n) is 5.04. The highest BCUT2D eigenvalue weighted by molar-refractivity contribution is 5.81. The van der Waals surface area contributed by atoms with Gasteiger partial charge in [0.2, 0.25) is 0 Å². The molecule has 0 bridgehead atoms. The molecule has 0 spiro atoms. The lowest BCUT2D eigenvalue weighted by atomic mass is 10.1. The maximum atomic E-state index is 11.7. The molecular formula is C26H40O4. The minimum absolute atomic E-state index is 0.111. The van der Waals surface area contributed by atoms with Gasteiger partial charge >= 0.3 is 12.1 Å². The standard InChI is InChI=1S/C26H40O4/c1-2-3-4-5-6-7-8-9-10-11-12-13-14-15-19-22-25(27)30-26(28)29-23-24-20-17-16-18-21-24/h9-10,16-18,20-21H,2-8,11-15,19,22-23H2,1H3/b10-9-. The second kappa shape index (κ2) is 18.9. The van der Waals surface area contributed by atoms with Crippen LogP contribution in [-0.2, 0) is 20.9 Å². The van der Waals surface area contributed by atoms with Crippen molar-refractivity contribution in [3.63, 3.8) is 0 Å². The molecule has 1 aromatic rings. The average molecular weight is 417 g/mol. The van der Waals surface area contributed by atoms with Crippen LogP contribution in [0.5, 0.6) is 0 Å². The molecule has 0 aliphatic carbocycles. The number of ether oxygens (including phenoxy) is 2. The van der Waals surface area contributed by atoms with E-state index in [1.165, 1.54) is 57.8 Å². The number of esters is 1. The van der Waals surface area contributed by atoms with Crippen LogP contribution < -0.4 is 0 Å². The molecule has 0 amide bonds. The Labute approximate surface area is 183 Å². The van der Waals surface area contributed by atoms with Crippen molar-refractivity contribution in [1.29, 1.82) is 0 Å². The van der Waals surface area contributed by atoms with E-state index in [1.807, 2.05) is 30.3 Å². The minimum atomic E-state index is -0.920. The van der Waals surface area contributed by atoms with Crippen LogP contribution in [0.3, 0.4) is 0 Å². The molecule has 0 aromatic heterocycles. The molecule has 4 heteroatoms. The Balaban J connectivity index is 1.87. The van der Waals surface area contributed by atoms with Gasteiger partial charge in [-0.1, -0.05) is 101 Å². The van der Waals surface area contributed by atoms with Crippen molar-refractivity contribution in [1.82, 2.24) is 0 Å². The number of hydrogen-bond acceptors (Lipinski definition) is 4. The van der Waals surface area contributed by atoms with Gasteiger partial charge in [0.1, 0.15) is 6.61 Å². The summed E-state index contributed by atoms with van der Waals surface area (Å²) in [5.74, 6) is -0.509. The van der Waals surface area contributed by atoms with E-state index in [2.05, 4.69) is 23.8 Å². The SMILES string of the molecule is CCCCCCCC/C=C\CCCCCCCC(=O)OC(=O)OCc1ccccc1. The lowest BCUT2D eigenvalue weighted by Crippen LogP contribution is -2.13. The summed E-state index contributed by atoms with van der Waals surface area (Å²) in [6.45, 7) is 2.36. The molecule has 0 radical (unpaired) electrons. The summed E-state index contributed by atoms with van der Waals surface area (Å²) >= 11 is 0. The van der Waals surface area contributed by atoms with Crippen LogP contribution in [0.1, 0.15) is 102 Å². The van der Waals surface area contributed by atoms with Gasteiger partial charge in [0, 0.05) is 6.42 Å². The molecule has 0 saturated heterocycles. The van der Waals surface area contributed by atoms with Crippen molar-refractivity contribution in [3.8, 4) is 0 Å². The first-order valence-electron chi connectivity index (χ1n) is 11.8. The zero-order chi connectivity index (χ0) is 21.7. The Morgan fingerprint density at radius 2 is 1.33 bits per heavy atom. The first kappa shape index (κ1) is 25.9. The van der Waals surface area contributed by atoms with Crippen molar-refractivity contribution in [2.45, 2.75) is 103 Å². The average Bonchev–Trinajstić information content (AvgIpc) is 2.75. The molecule has 0 aliphatic rings. The molecule has 0 fully saturated rings. The van der Waals surface area contributed by atoms with Gasteiger partial charge in [-0.05, 0) is 37.7 Å². The van der Waals surface area contributed by atoms with Crippen molar-refractivity contribution in [2.24, 2.45) is 0 Å². The lowest BCUT2D eigenvalue weighted by Gasteiger charge is -2.05. The molecule has 30 heavy (non-hydrogen) atoms. The van der Waals surface area contributed by atoms with E-state index >= 15 is 0 Å². The molecule has 4 nitrogen and oxygen atoms in total. The highest BCUT2D eigenvalue weighted by Gasteiger charge is 2.11. The predicted octanol–water partition coefficient (Wildman–Crippen LogP) is 7.90. The van der Waals surface area contributed by atoms with Gasteiger partial charge in [0.05, 0.1) is 0 Å². The highest BCUT2D eigenvalue weighted by Crippen LogP contribution is 2.10. The summed E-state index contributed by atoms with van der Waals surface area (Å²) in [5, 5.41) is 0. The van der Waals surface area contributed by atoms with Crippen LogP contribution in [-0.4, -0.2) is 12.1 Å². The van der Waals surface area contributed by atoms with Crippen molar-refractivity contribution >= 4 is 12.1 Å². The van der Waals surface area contributed by atoms with E-state index in [9.17, 15) is 9.59 Å². The van der Waals surface area contributed by atoms with Crippen molar-refractivity contribution in [2.75, 3.05) is 0 Å². The largest absolute Gasteiger partial charge is 0.516 e. The van der Waals surface area contributed by atoms with Gasteiger partial charge in [0.15, 0.2) is 0 Å². The number of hydrogen-bond donors (Lipinski definition) is 0. The van der Waals surface area contributed by atoms with Crippen molar-refractivity contribution in [3.05, 3.63) is 48.0 Å². The Bertz CT molecular complexity index is 580. The van der Waals surface area contributed by atoms with Gasteiger partial charge in [-0.3, -0.25) is 4.79 Å². The topological polar surface area (TPSA) is 52.6 Å². The van der Waals surface area contributed by atoms with E-state index in [0.717, 1.165) is 31.2 Å². The number of carbonyl (C=O) groups is 2.